The Morgan fingerprint density at radius 3 is 1.31 bits per heavy atom. The third kappa shape index (κ3) is 25.7. The Balaban J connectivity index is 6.48. The minimum Gasteiger partial charge on any atom is -0.450 e. The average molecular weight is 811 g/mol. The Hall–Kier alpha value is -1.26. The van der Waals surface area contributed by atoms with Gasteiger partial charge in [0.1, 0.15) is 31.7 Å². The van der Waals surface area contributed by atoms with Gasteiger partial charge in [0.05, 0.1) is 11.1 Å². The summed E-state index contributed by atoms with van der Waals surface area (Å²) in [6.07, 6.45) is -0.0303. The lowest BCUT2D eigenvalue weighted by Crippen LogP contribution is -2.41. The minimum absolute atomic E-state index is 0.0593. The van der Waals surface area contributed by atoms with Crippen molar-refractivity contribution in [2.24, 2.45) is 42.5 Å². The lowest BCUT2D eigenvalue weighted by Gasteiger charge is -2.36. The highest BCUT2D eigenvalue weighted by Gasteiger charge is 2.39. The summed E-state index contributed by atoms with van der Waals surface area (Å²) in [7, 11) is 0. The van der Waals surface area contributed by atoms with Crippen molar-refractivity contribution in [1.82, 2.24) is 0 Å². The van der Waals surface area contributed by atoms with Crippen molar-refractivity contribution in [3.05, 3.63) is 0 Å². The fraction of sp³-hybridized carbons (Fsp3) is 0.944. The first kappa shape index (κ1) is 50.7. The monoisotopic (exact) mass is 810 g/mol. The van der Waals surface area contributed by atoms with Crippen molar-refractivity contribution >= 4 is 59.4 Å². The molecule has 0 aliphatic heterocycles. The minimum atomic E-state index is -1.31. The maximum Gasteiger partial charge on any atom is 0.506 e. The van der Waals surface area contributed by atoms with E-state index in [1.165, 1.54) is 23.5 Å². The number of carboxylic acid groups (broad SMARTS) is 2. The fourth-order valence-corrected chi connectivity index (χ4v) is 9.57. The van der Waals surface area contributed by atoms with Gasteiger partial charge in [0.25, 0.3) is 0 Å². The standard InChI is InChI=1S/C36H70N6O6S4/c1-26(2)23-34(15,41-37-30(5,6)7)50-20-17-36(48-29(45)46,18-21-51-35(16,24-27(3)4)42-38-31(8,9)10)25-52-33(13,14)40-39-32(11,12)49-22-19-47-28(43)44/h26-27H,17-25H2,1-16H3,(H,43,44)(H,45,46)/b40-39+,41-37+,42-38+. The second kappa shape index (κ2) is 21.7. The van der Waals surface area contributed by atoms with E-state index in [1.807, 2.05) is 69.2 Å². The number of ether oxygens (including phenoxy) is 2. The van der Waals surface area contributed by atoms with Crippen molar-refractivity contribution < 1.29 is 29.3 Å². The summed E-state index contributed by atoms with van der Waals surface area (Å²) in [6, 6.07) is 0. The summed E-state index contributed by atoms with van der Waals surface area (Å²) in [5.74, 6) is 2.81. The van der Waals surface area contributed by atoms with Crippen molar-refractivity contribution in [1.29, 1.82) is 0 Å². The van der Waals surface area contributed by atoms with Gasteiger partial charge in [-0.2, -0.15) is 30.7 Å². The molecule has 0 rings (SSSR count). The van der Waals surface area contributed by atoms with Crippen LogP contribution in [0.3, 0.4) is 0 Å². The predicted molar refractivity (Wildman–Crippen MR) is 223 cm³/mol. The maximum atomic E-state index is 12.4. The predicted octanol–water partition coefficient (Wildman–Crippen LogP) is 12.8. The van der Waals surface area contributed by atoms with Crippen LogP contribution in [0.4, 0.5) is 9.59 Å². The van der Waals surface area contributed by atoms with Crippen LogP contribution in [-0.2, 0) is 9.47 Å². The van der Waals surface area contributed by atoms with Crippen molar-refractivity contribution in [2.45, 2.75) is 173 Å². The van der Waals surface area contributed by atoms with E-state index in [0.717, 1.165) is 12.8 Å². The van der Waals surface area contributed by atoms with Gasteiger partial charge >= 0.3 is 12.3 Å². The summed E-state index contributed by atoms with van der Waals surface area (Å²) in [5.41, 5.74) is -1.65. The fourth-order valence-electron chi connectivity index (χ4n) is 4.81. The molecule has 0 aromatic heterocycles. The summed E-state index contributed by atoms with van der Waals surface area (Å²) in [4.78, 5) is 20.8. The van der Waals surface area contributed by atoms with Gasteiger partial charge in [0, 0.05) is 11.5 Å². The van der Waals surface area contributed by atoms with Crippen LogP contribution in [0.5, 0.6) is 0 Å². The molecular formula is C36H70N6O6S4. The van der Waals surface area contributed by atoms with Gasteiger partial charge in [-0.1, -0.05) is 27.7 Å². The van der Waals surface area contributed by atoms with Crippen LogP contribution in [0.1, 0.15) is 136 Å². The first-order valence-electron chi connectivity index (χ1n) is 18.1. The normalized spacial score (nSPS) is 17.2. The Bertz CT molecular complexity index is 1140. The van der Waals surface area contributed by atoms with Crippen molar-refractivity contribution in [3.8, 4) is 0 Å². The maximum absolute atomic E-state index is 12.4. The van der Waals surface area contributed by atoms with Gasteiger partial charge in [-0.05, 0) is 132 Å². The summed E-state index contributed by atoms with van der Waals surface area (Å²) < 4.78 is 10.5. The zero-order chi connectivity index (χ0) is 40.7. The molecule has 2 unspecified atom stereocenters. The van der Waals surface area contributed by atoms with Crippen molar-refractivity contribution in [3.63, 3.8) is 0 Å². The molecule has 0 aliphatic carbocycles. The van der Waals surface area contributed by atoms with E-state index in [-0.39, 0.29) is 17.7 Å². The quantitative estimate of drug-likeness (QED) is 0.0544. The lowest BCUT2D eigenvalue weighted by atomic mass is 9.99. The van der Waals surface area contributed by atoms with Crippen LogP contribution in [0.25, 0.3) is 0 Å². The molecule has 0 amide bonds. The molecule has 52 heavy (non-hydrogen) atoms. The number of thioether (sulfide) groups is 4. The lowest BCUT2D eigenvalue weighted by molar-refractivity contribution is -0.00775. The number of rotatable bonds is 24. The topological polar surface area (TPSA) is 167 Å². The molecule has 0 aromatic carbocycles. The number of carbonyl (C=O) groups is 2. The first-order valence-corrected chi connectivity index (χ1v) is 22.0. The van der Waals surface area contributed by atoms with Gasteiger partial charge in [-0.25, -0.2) is 9.59 Å². The van der Waals surface area contributed by atoms with Crippen molar-refractivity contribution in [2.75, 3.05) is 29.6 Å². The molecule has 0 aliphatic rings. The molecule has 16 heteroatoms. The van der Waals surface area contributed by atoms with Crippen LogP contribution in [0.15, 0.2) is 30.7 Å². The molecule has 304 valence electrons. The average Bonchev–Trinajstić information content (AvgIpc) is 2.94. The third-order valence-corrected chi connectivity index (χ3v) is 12.1. The Morgan fingerprint density at radius 2 is 0.962 bits per heavy atom. The molecule has 0 aromatic rings. The molecule has 0 saturated heterocycles. The Labute approximate surface area is 331 Å². The van der Waals surface area contributed by atoms with Crippen LogP contribution in [0, 0.1) is 11.8 Å². The zero-order valence-electron chi connectivity index (χ0n) is 34.9. The van der Waals surface area contributed by atoms with Gasteiger partial charge in [-0.15, -0.1) is 47.0 Å². The van der Waals surface area contributed by atoms with Crippen LogP contribution in [0.2, 0.25) is 0 Å². The van der Waals surface area contributed by atoms with E-state index in [9.17, 15) is 14.7 Å². The van der Waals surface area contributed by atoms with Gasteiger partial charge in [-0.3, -0.25) is 0 Å². The zero-order valence-corrected chi connectivity index (χ0v) is 38.1. The van der Waals surface area contributed by atoms with E-state index in [1.54, 1.807) is 23.5 Å². The van der Waals surface area contributed by atoms with Gasteiger partial charge in [0.15, 0.2) is 0 Å². The molecule has 0 saturated carbocycles. The molecule has 2 atom stereocenters. The van der Waals surface area contributed by atoms with E-state index >= 15 is 0 Å². The highest BCUT2D eigenvalue weighted by Crippen LogP contribution is 2.42. The number of hydrogen-bond donors (Lipinski definition) is 2. The molecule has 0 heterocycles. The largest absolute Gasteiger partial charge is 0.506 e. The Morgan fingerprint density at radius 1 is 0.558 bits per heavy atom. The molecule has 0 radical (unpaired) electrons. The number of nitrogens with zero attached hydrogens (tertiary/aromatic N) is 6. The molecule has 12 nitrogen and oxygen atoms in total. The van der Waals surface area contributed by atoms with E-state index < -0.39 is 37.4 Å². The number of azo groups is 3. The van der Waals surface area contributed by atoms with E-state index in [0.29, 0.717) is 47.7 Å². The van der Waals surface area contributed by atoms with E-state index in [4.69, 9.17) is 20.1 Å². The summed E-state index contributed by atoms with van der Waals surface area (Å²) in [6.45, 7) is 32.8. The molecule has 2 N–H and O–H groups in total. The third-order valence-electron chi connectivity index (χ3n) is 6.93. The first-order chi connectivity index (χ1) is 23.4. The van der Waals surface area contributed by atoms with E-state index in [2.05, 4.69) is 66.7 Å². The van der Waals surface area contributed by atoms with Crippen LogP contribution in [-0.4, -0.2) is 88.3 Å². The Kier molecular flexibility index (Phi) is 21.2. The van der Waals surface area contributed by atoms with Crippen LogP contribution >= 0.6 is 47.0 Å². The molecule has 0 bridgehead atoms. The smallest absolute Gasteiger partial charge is 0.450 e. The highest BCUT2D eigenvalue weighted by atomic mass is 32.2. The molecule has 0 fully saturated rings. The second-order valence-electron chi connectivity index (χ2n) is 17.4. The van der Waals surface area contributed by atoms with Gasteiger partial charge < -0.3 is 19.7 Å². The molecule has 0 spiro atoms. The van der Waals surface area contributed by atoms with Gasteiger partial charge in [0.2, 0.25) is 0 Å². The number of hydrogen-bond acceptors (Lipinski definition) is 14. The van der Waals surface area contributed by atoms with Crippen LogP contribution < -0.4 is 0 Å². The second-order valence-corrected chi connectivity index (χ2v) is 23.8. The highest BCUT2D eigenvalue weighted by molar-refractivity contribution is 8.01. The summed E-state index contributed by atoms with van der Waals surface area (Å²) in [5, 5.41) is 47.0. The summed E-state index contributed by atoms with van der Waals surface area (Å²) >= 11 is 6.32. The molecular weight excluding hydrogens is 741 g/mol. The SMILES string of the molecule is CC(C)CC(C)(/N=N/C(C)(C)C)SCCC(CCSC(C)(CC(C)C)/N=N/C(C)(C)C)(CSC(C)(C)/N=N/C(C)(C)SCCOC(=O)O)OC(=O)O.